The standard InChI is InChI=1S/C16H30N4/c1-4-8-17-14(2)16-7-5-6-10-20(16)13-12-19-11-9-18-15(19)3/h9,11,14,16-17H,4-8,10,12-13H2,1-3H3. The van der Waals surface area contributed by atoms with Gasteiger partial charge in [0.25, 0.3) is 0 Å². The van der Waals surface area contributed by atoms with Crippen LogP contribution < -0.4 is 5.32 Å². The smallest absolute Gasteiger partial charge is 0.105 e. The molecule has 2 atom stereocenters. The third kappa shape index (κ3) is 4.06. The molecule has 1 N–H and O–H groups in total. The Morgan fingerprint density at radius 1 is 1.40 bits per heavy atom. The van der Waals surface area contributed by atoms with E-state index in [0.29, 0.717) is 12.1 Å². The molecule has 2 rings (SSSR count). The first-order valence-corrected chi connectivity index (χ1v) is 8.17. The lowest BCUT2D eigenvalue weighted by atomic mass is 9.96. The zero-order chi connectivity index (χ0) is 14.4. The van der Waals surface area contributed by atoms with Crippen molar-refractivity contribution in [3.63, 3.8) is 0 Å². The van der Waals surface area contributed by atoms with Gasteiger partial charge in [0.05, 0.1) is 0 Å². The van der Waals surface area contributed by atoms with Crippen LogP contribution in [-0.2, 0) is 6.54 Å². The molecule has 1 aromatic rings. The van der Waals surface area contributed by atoms with Crippen LogP contribution in [0, 0.1) is 6.92 Å². The van der Waals surface area contributed by atoms with E-state index in [4.69, 9.17) is 0 Å². The van der Waals surface area contributed by atoms with Crippen molar-refractivity contribution >= 4 is 0 Å². The van der Waals surface area contributed by atoms with Crippen LogP contribution in [0.2, 0.25) is 0 Å². The molecule has 4 nitrogen and oxygen atoms in total. The molecule has 0 bridgehead atoms. The van der Waals surface area contributed by atoms with Gasteiger partial charge in [-0.25, -0.2) is 4.98 Å². The van der Waals surface area contributed by atoms with Gasteiger partial charge in [0.1, 0.15) is 5.82 Å². The quantitative estimate of drug-likeness (QED) is 0.831. The molecule has 4 heteroatoms. The number of likely N-dealkylation sites (tertiary alicyclic amines) is 1. The zero-order valence-corrected chi connectivity index (χ0v) is 13.3. The van der Waals surface area contributed by atoms with Crippen LogP contribution in [0.3, 0.4) is 0 Å². The van der Waals surface area contributed by atoms with Gasteiger partial charge in [0.2, 0.25) is 0 Å². The van der Waals surface area contributed by atoms with Crippen LogP contribution in [0.25, 0.3) is 0 Å². The van der Waals surface area contributed by atoms with Gasteiger partial charge in [0, 0.05) is 37.6 Å². The van der Waals surface area contributed by atoms with Crippen molar-refractivity contribution in [2.75, 3.05) is 19.6 Å². The Morgan fingerprint density at radius 2 is 2.25 bits per heavy atom. The predicted molar refractivity (Wildman–Crippen MR) is 83.9 cm³/mol. The molecule has 0 spiro atoms. The molecule has 1 saturated heterocycles. The fraction of sp³-hybridized carbons (Fsp3) is 0.812. The molecular weight excluding hydrogens is 248 g/mol. The van der Waals surface area contributed by atoms with E-state index >= 15 is 0 Å². The number of imidazole rings is 1. The number of rotatable bonds is 7. The minimum absolute atomic E-state index is 0.596. The minimum Gasteiger partial charge on any atom is -0.334 e. The third-order valence-electron chi connectivity index (χ3n) is 4.51. The second-order valence-corrected chi connectivity index (χ2v) is 6.01. The zero-order valence-electron chi connectivity index (χ0n) is 13.3. The molecule has 1 aliphatic heterocycles. The lowest BCUT2D eigenvalue weighted by Gasteiger charge is -2.39. The highest BCUT2D eigenvalue weighted by Gasteiger charge is 2.26. The van der Waals surface area contributed by atoms with Crippen molar-refractivity contribution in [3.05, 3.63) is 18.2 Å². The summed E-state index contributed by atoms with van der Waals surface area (Å²) in [5, 5.41) is 3.68. The Morgan fingerprint density at radius 3 is 2.95 bits per heavy atom. The van der Waals surface area contributed by atoms with Crippen molar-refractivity contribution in [2.24, 2.45) is 0 Å². The third-order valence-corrected chi connectivity index (χ3v) is 4.51. The Labute approximate surface area is 123 Å². The molecule has 2 unspecified atom stereocenters. The van der Waals surface area contributed by atoms with Gasteiger partial charge in [-0.05, 0) is 46.2 Å². The van der Waals surface area contributed by atoms with Gasteiger partial charge >= 0.3 is 0 Å². The Bertz CT molecular complexity index is 388. The molecule has 1 aliphatic rings. The summed E-state index contributed by atoms with van der Waals surface area (Å²) in [6.07, 6.45) is 9.26. The number of aromatic nitrogens is 2. The summed E-state index contributed by atoms with van der Waals surface area (Å²) in [5.41, 5.74) is 0. The summed E-state index contributed by atoms with van der Waals surface area (Å²) in [7, 11) is 0. The van der Waals surface area contributed by atoms with Gasteiger partial charge in [0.15, 0.2) is 0 Å². The molecule has 0 radical (unpaired) electrons. The first-order chi connectivity index (χ1) is 9.72. The van der Waals surface area contributed by atoms with Crippen LogP contribution in [0.1, 0.15) is 45.4 Å². The van der Waals surface area contributed by atoms with Crippen molar-refractivity contribution in [1.29, 1.82) is 0 Å². The normalized spacial score (nSPS) is 22.1. The van der Waals surface area contributed by atoms with E-state index in [2.05, 4.69) is 46.7 Å². The van der Waals surface area contributed by atoms with E-state index in [1.165, 1.54) is 32.2 Å². The van der Waals surface area contributed by atoms with E-state index < -0.39 is 0 Å². The number of hydrogen-bond donors (Lipinski definition) is 1. The minimum atomic E-state index is 0.596. The fourth-order valence-corrected chi connectivity index (χ4v) is 3.24. The topological polar surface area (TPSA) is 33.1 Å². The molecule has 0 amide bonds. The number of aryl methyl sites for hydroxylation is 1. The molecular formula is C16H30N4. The molecule has 0 saturated carbocycles. The summed E-state index contributed by atoms with van der Waals surface area (Å²) >= 11 is 0. The van der Waals surface area contributed by atoms with Crippen LogP contribution >= 0.6 is 0 Å². The molecule has 2 heterocycles. The van der Waals surface area contributed by atoms with Crippen LogP contribution in [0.15, 0.2) is 12.4 Å². The molecule has 0 aromatic carbocycles. The summed E-state index contributed by atoms with van der Waals surface area (Å²) in [4.78, 5) is 6.98. The molecule has 114 valence electrons. The van der Waals surface area contributed by atoms with Crippen molar-refractivity contribution in [1.82, 2.24) is 19.8 Å². The van der Waals surface area contributed by atoms with E-state index in [0.717, 1.165) is 25.5 Å². The summed E-state index contributed by atoms with van der Waals surface area (Å²) in [6, 6.07) is 1.29. The first kappa shape index (κ1) is 15.5. The van der Waals surface area contributed by atoms with Gasteiger partial charge in [-0.2, -0.15) is 0 Å². The number of nitrogens with zero attached hydrogens (tertiary/aromatic N) is 3. The average Bonchev–Trinajstić information content (AvgIpc) is 2.88. The molecule has 0 aliphatic carbocycles. The van der Waals surface area contributed by atoms with Crippen molar-refractivity contribution in [3.8, 4) is 0 Å². The highest BCUT2D eigenvalue weighted by atomic mass is 15.2. The summed E-state index contributed by atoms with van der Waals surface area (Å²) in [5.74, 6) is 1.12. The van der Waals surface area contributed by atoms with E-state index in [1.54, 1.807) is 0 Å². The van der Waals surface area contributed by atoms with Gasteiger partial charge in [-0.1, -0.05) is 13.3 Å². The molecule has 20 heavy (non-hydrogen) atoms. The summed E-state index contributed by atoms with van der Waals surface area (Å²) in [6.45, 7) is 11.2. The fourth-order valence-electron chi connectivity index (χ4n) is 3.24. The predicted octanol–water partition coefficient (Wildman–Crippen LogP) is 2.43. The lowest BCUT2D eigenvalue weighted by molar-refractivity contribution is 0.115. The second kappa shape index (κ2) is 7.79. The highest BCUT2D eigenvalue weighted by Crippen LogP contribution is 2.20. The van der Waals surface area contributed by atoms with E-state index in [1.807, 2.05) is 6.20 Å². The van der Waals surface area contributed by atoms with Crippen LogP contribution in [0.5, 0.6) is 0 Å². The Kier molecular flexibility index (Phi) is 6.05. The van der Waals surface area contributed by atoms with E-state index in [9.17, 15) is 0 Å². The SMILES string of the molecule is CCCNC(C)C1CCCCN1CCn1ccnc1C. The molecule has 1 aromatic heterocycles. The van der Waals surface area contributed by atoms with E-state index in [-0.39, 0.29) is 0 Å². The van der Waals surface area contributed by atoms with Gasteiger partial charge in [-0.15, -0.1) is 0 Å². The van der Waals surface area contributed by atoms with Crippen molar-refractivity contribution < 1.29 is 0 Å². The maximum atomic E-state index is 4.31. The largest absolute Gasteiger partial charge is 0.334 e. The number of nitrogens with one attached hydrogen (secondary N) is 1. The van der Waals surface area contributed by atoms with Gasteiger partial charge in [-0.3, -0.25) is 4.90 Å². The van der Waals surface area contributed by atoms with Crippen LogP contribution in [0.4, 0.5) is 0 Å². The Hall–Kier alpha value is -0.870. The van der Waals surface area contributed by atoms with Gasteiger partial charge < -0.3 is 9.88 Å². The first-order valence-electron chi connectivity index (χ1n) is 8.17. The Balaban J connectivity index is 1.88. The molecule has 1 fully saturated rings. The average molecular weight is 278 g/mol. The van der Waals surface area contributed by atoms with Crippen LogP contribution in [-0.4, -0.2) is 46.2 Å². The highest BCUT2D eigenvalue weighted by molar-refractivity contribution is 4.90. The summed E-state index contributed by atoms with van der Waals surface area (Å²) < 4.78 is 2.26. The number of piperidine rings is 1. The maximum Gasteiger partial charge on any atom is 0.105 e. The maximum absolute atomic E-state index is 4.31. The monoisotopic (exact) mass is 278 g/mol. The lowest BCUT2D eigenvalue weighted by Crippen LogP contribution is -2.51. The number of hydrogen-bond acceptors (Lipinski definition) is 3. The second-order valence-electron chi connectivity index (χ2n) is 6.01. The van der Waals surface area contributed by atoms with Crippen molar-refractivity contribution in [2.45, 2.75) is 65.1 Å².